The second-order valence-electron chi connectivity index (χ2n) is 3.59. The molecule has 1 N–H and O–H groups in total. The minimum Gasteiger partial charge on any atom is -0.385 e. The fraction of sp³-hybridized carbons (Fsp3) is 0.333. The Hall–Kier alpha value is -0.260. The van der Waals surface area contributed by atoms with Crippen molar-refractivity contribution in [1.29, 1.82) is 0 Å². The van der Waals surface area contributed by atoms with Crippen LogP contribution in [0.5, 0.6) is 0 Å². The van der Waals surface area contributed by atoms with Gasteiger partial charge < -0.3 is 5.11 Å². The van der Waals surface area contributed by atoms with Crippen molar-refractivity contribution in [3.8, 4) is 0 Å². The lowest BCUT2D eigenvalue weighted by Crippen LogP contribution is -2.31. The van der Waals surface area contributed by atoms with Crippen LogP contribution in [0.25, 0.3) is 0 Å². The highest BCUT2D eigenvalue weighted by Crippen LogP contribution is 2.44. The Morgan fingerprint density at radius 3 is 2.22 bits per heavy atom. The Balaban J connectivity index is 3.12. The van der Waals surface area contributed by atoms with Crippen LogP contribution in [0.15, 0.2) is 24.3 Å². The minimum atomic E-state index is -3.56. The third-order valence-electron chi connectivity index (χ3n) is 2.23. The summed E-state index contributed by atoms with van der Waals surface area (Å²) in [5.74, 6) is 0. The number of nitro groups is 1. The maximum absolute atomic E-state index is 11.5. The van der Waals surface area contributed by atoms with Crippen molar-refractivity contribution in [3.63, 3.8) is 0 Å². The topological polar surface area (TPSA) is 97.5 Å². The van der Waals surface area contributed by atoms with Gasteiger partial charge in [-0.1, -0.05) is 15.9 Å². The van der Waals surface area contributed by atoms with Crippen LogP contribution in [0, 0.1) is 10.1 Å². The quantitative estimate of drug-likeness (QED) is 0.328. The number of aliphatic hydroxyl groups excluding tert-OH is 1. The largest absolute Gasteiger partial charge is 0.385 e. The highest BCUT2D eigenvalue weighted by Gasteiger charge is 2.43. The van der Waals surface area contributed by atoms with Gasteiger partial charge in [0.1, 0.15) is 6.10 Å². The van der Waals surface area contributed by atoms with Gasteiger partial charge in [0.25, 0.3) is 5.69 Å². The second-order valence-corrected chi connectivity index (χ2v) is 11.5. The maximum Gasteiger partial charge on any atom is 0.269 e. The molecule has 2 atom stereocenters. The molecule has 0 unspecified atom stereocenters. The smallest absolute Gasteiger partial charge is 0.269 e. The number of nitrogens with zero attached hydrogens (tertiary/aromatic N) is 1. The van der Waals surface area contributed by atoms with Crippen molar-refractivity contribution in [3.05, 3.63) is 39.9 Å². The Morgan fingerprint density at radius 2 is 1.89 bits per heavy atom. The van der Waals surface area contributed by atoms with E-state index in [0.717, 1.165) is 6.26 Å². The predicted octanol–water partition coefficient (Wildman–Crippen LogP) is 2.16. The number of sulfone groups is 1. The molecule has 0 heterocycles. The van der Waals surface area contributed by atoms with Gasteiger partial charge in [0.05, 0.1) is 4.92 Å². The van der Waals surface area contributed by atoms with Crippen LogP contribution in [-0.4, -0.2) is 26.4 Å². The Kier molecular flexibility index (Phi) is 4.73. The molecule has 0 radical (unpaired) electrons. The lowest BCUT2D eigenvalue weighted by molar-refractivity contribution is -0.384. The lowest BCUT2D eigenvalue weighted by atomic mass is 10.1. The standard InChI is InChI=1S/C9H9BrINO5S/c1-18(16,17)9(10,11)8(13)6-2-4-7(5-3-6)12(14)15/h2-5,8,13H,1H3/t8-,9-/m1/s1. The molecule has 0 bridgehead atoms. The van der Waals surface area contributed by atoms with E-state index < -0.39 is 22.5 Å². The molecule has 0 fully saturated rings. The first kappa shape index (κ1) is 15.8. The number of non-ortho nitro benzene ring substituents is 1. The molecular formula is C9H9BrINO5S. The summed E-state index contributed by atoms with van der Waals surface area (Å²) < 4.78 is 21.5. The molecule has 0 spiro atoms. The van der Waals surface area contributed by atoms with Crippen LogP contribution in [0.2, 0.25) is 0 Å². The SMILES string of the molecule is CS(=O)(=O)[C@](Br)(I)[C@H](O)c1ccc([N+](=O)[O-])cc1. The summed E-state index contributed by atoms with van der Waals surface area (Å²) in [5, 5.41) is 20.5. The van der Waals surface area contributed by atoms with Crippen LogP contribution < -0.4 is 0 Å². The van der Waals surface area contributed by atoms with E-state index in [0.29, 0.717) is 0 Å². The van der Waals surface area contributed by atoms with Crippen LogP contribution >= 0.6 is 38.5 Å². The number of halogens is 2. The van der Waals surface area contributed by atoms with Gasteiger partial charge in [-0.25, -0.2) is 8.42 Å². The van der Waals surface area contributed by atoms with Gasteiger partial charge in [-0.05, 0) is 40.3 Å². The fourth-order valence-electron chi connectivity index (χ4n) is 1.18. The summed E-state index contributed by atoms with van der Waals surface area (Å²) in [5.41, 5.74) is 0.149. The van der Waals surface area contributed by atoms with E-state index >= 15 is 0 Å². The summed E-state index contributed by atoms with van der Waals surface area (Å²) in [6.45, 7) is 0. The van der Waals surface area contributed by atoms with Gasteiger partial charge in [0.15, 0.2) is 9.84 Å². The molecule has 100 valence electrons. The van der Waals surface area contributed by atoms with E-state index in [9.17, 15) is 23.6 Å². The molecule has 0 saturated carbocycles. The molecule has 0 saturated heterocycles. The van der Waals surface area contributed by atoms with Crippen molar-refractivity contribution < 1.29 is 18.4 Å². The zero-order chi connectivity index (χ0) is 14.1. The number of hydrogen-bond donors (Lipinski definition) is 1. The van der Waals surface area contributed by atoms with Crippen LogP contribution in [0.1, 0.15) is 11.7 Å². The summed E-state index contributed by atoms with van der Waals surface area (Å²) >= 11 is 4.55. The maximum atomic E-state index is 11.5. The molecule has 18 heavy (non-hydrogen) atoms. The fourth-order valence-corrected chi connectivity index (χ4v) is 2.34. The molecule has 9 heteroatoms. The lowest BCUT2D eigenvalue weighted by Gasteiger charge is -2.24. The van der Waals surface area contributed by atoms with Crippen LogP contribution in [0.3, 0.4) is 0 Å². The Morgan fingerprint density at radius 1 is 1.44 bits per heavy atom. The van der Waals surface area contributed by atoms with E-state index in [1.165, 1.54) is 24.3 Å². The van der Waals surface area contributed by atoms with Gasteiger partial charge in [-0.15, -0.1) is 0 Å². The molecule has 1 rings (SSSR count). The molecule has 0 aromatic heterocycles. The molecule has 0 aliphatic heterocycles. The number of alkyl halides is 2. The van der Waals surface area contributed by atoms with E-state index in [1.807, 2.05) is 0 Å². The van der Waals surface area contributed by atoms with E-state index in [4.69, 9.17) is 0 Å². The van der Waals surface area contributed by atoms with Crippen LogP contribution in [0.4, 0.5) is 5.69 Å². The van der Waals surface area contributed by atoms with Gasteiger partial charge in [0, 0.05) is 18.4 Å². The Labute approximate surface area is 126 Å². The van der Waals surface area contributed by atoms with Gasteiger partial charge in [-0.3, -0.25) is 10.1 Å². The summed E-state index contributed by atoms with van der Waals surface area (Å²) in [4.78, 5) is 9.90. The number of rotatable bonds is 4. The molecule has 0 aliphatic rings. The average molecular weight is 450 g/mol. The van der Waals surface area contributed by atoms with E-state index in [-0.39, 0.29) is 11.3 Å². The Bertz CT molecular complexity index is 557. The van der Waals surface area contributed by atoms with Crippen molar-refractivity contribution in [1.82, 2.24) is 0 Å². The normalized spacial score (nSPS) is 16.9. The average Bonchev–Trinajstić information content (AvgIpc) is 2.26. The number of hydrogen-bond acceptors (Lipinski definition) is 5. The monoisotopic (exact) mass is 449 g/mol. The second kappa shape index (κ2) is 5.39. The molecule has 1 aromatic rings. The van der Waals surface area contributed by atoms with Crippen molar-refractivity contribution >= 4 is 54.0 Å². The van der Waals surface area contributed by atoms with Crippen LogP contribution in [-0.2, 0) is 9.84 Å². The highest BCUT2D eigenvalue weighted by atomic mass is 127. The number of aliphatic hydroxyl groups is 1. The predicted molar refractivity (Wildman–Crippen MR) is 78.6 cm³/mol. The van der Waals surface area contributed by atoms with E-state index in [2.05, 4.69) is 15.9 Å². The third-order valence-corrected chi connectivity index (χ3v) is 8.63. The number of nitro benzene ring substituents is 1. The minimum absolute atomic E-state index is 0.126. The first-order valence-electron chi connectivity index (χ1n) is 4.57. The molecule has 1 aromatic carbocycles. The van der Waals surface area contributed by atoms with Gasteiger partial charge in [-0.2, -0.15) is 0 Å². The van der Waals surface area contributed by atoms with Crippen molar-refractivity contribution in [2.45, 2.75) is 7.77 Å². The molecular weight excluding hydrogens is 441 g/mol. The zero-order valence-corrected chi connectivity index (χ0v) is 13.6. The summed E-state index contributed by atoms with van der Waals surface area (Å²) in [7, 11) is -3.56. The first-order chi connectivity index (χ1) is 8.07. The van der Waals surface area contributed by atoms with Crippen molar-refractivity contribution in [2.75, 3.05) is 6.26 Å². The van der Waals surface area contributed by atoms with Gasteiger partial charge >= 0.3 is 0 Å². The molecule has 0 aliphatic carbocycles. The molecule has 0 amide bonds. The van der Waals surface area contributed by atoms with E-state index in [1.54, 1.807) is 22.6 Å². The summed E-state index contributed by atoms with van der Waals surface area (Å²) in [6, 6.07) is 5.06. The molecule has 6 nitrogen and oxygen atoms in total. The first-order valence-corrected chi connectivity index (χ1v) is 8.33. The third kappa shape index (κ3) is 3.19. The zero-order valence-electron chi connectivity index (χ0n) is 9.08. The van der Waals surface area contributed by atoms with Gasteiger partial charge in [0.2, 0.25) is 1.66 Å². The summed E-state index contributed by atoms with van der Waals surface area (Å²) in [6.07, 6.45) is -0.350. The number of benzene rings is 1. The highest BCUT2D eigenvalue weighted by molar-refractivity contribution is 14.1. The van der Waals surface area contributed by atoms with Crippen molar-refractivity contribution in [2.24, 2.45) is 0 Å².